The Kier molecular flexibility index (Phi) is 16.5. The molecule has 0 aliphatic carbocycles. The number of hydrogen-bond acceptors (Lipinski definition) is 21. The molecule has 0 aromatic carbocycles. The zero-order valence-corrected chi connectivity index (χ0v) is 28.5. The lowest BCUT2D eigenvalue weighted by atomic mass is 9.96. The van der Waals surface area contributed by atoms with Gasteiger partial charge in [-0.25, -0.2) is 0 Å². The largest absolute Gasteiger partial charge is 0.394 e. The minimum absolute atomic E-state index is 0.0547. The van der Waals surface area contributed by atoms with E-state index in [1.807, 2.05) is 0 Å². The number of aliphatic hydroxyl groups excluding tert-OH is 11. The molecule has 11 N–H and O–H groups in total. The molecular formula is C30H54O21. The molecule has 0 radical (unpaired) electrons. The Balaban J connectivity index is 1.46. The second kappa shape index (κ2) is 19.7. The number of ether oxygens (including phenoxy) is 10. The van der Waals surface area contributed by atoms with Crippen LogP contribution in [0.2, 0.25) is 0 Å². The van der Waals surface area contributed by atoms with Crippen molar-refractivity contribution >= 4 is 0 Å². The molecule has 0 aromatic rings. The SMILES string of the molecule is CCOC1OC(COC2OC(CO)C(OC3OC(CO)C(OCC)C(O)C3O)C(O)C2O)C(OC2OC(CO)C(OCC)C(O)C2O)C(O)C1O. The van der Waals surface area contributed by atoms with Crippen LogP contribution in [0.25, 0.3) is 0 Å². The Morgan fingerprint density at radius 3 is 1.10 bits per heavy atom. The van der Waals surface area contributed by atoms with Crippen LogP contribution >= 0.6 is 0 Å². The van der Waals surface area contributed by atoms with Gasteiger partial charge in [-0.15, -0.1) is 0 Å². The van der Waals surface area contributed by atoms with Crippen LogP contribution in [0.15, 0.2) is 0 Å². The lowest BCUT2D eigenvalue weighted by Gasteiger charge is -2.48. The Bertz CT molecular complexity index is 1010. The highest BCUT2D eigenvalue weighted by molar-refractivity contribution is 4.97. The molecule has 0 saturated carbocycles. The van der Waals surface area contributed by atoms with Crippen molar-refractivity contribution in [3.05, 3.63) is 0 Å². The molecule has 21 nitrogen and oxygen atoms in total. The van der Waals surface area contributed by atoms with E-state index >= 15 is 0 Å². The summed E-state index contributed by atoms with van der Waals surface area (Å²) in [7, 11) is 0. The molecule has 20 unspecified atom stereocenters. The highest BCUT2D eigenvalue weighted by Gasteiger charge is 2.54. The summed E-state index contributed by atoms with van der Waals surface area (Å²) in [5.41, 5.74) is 0. The highest BCUT2D eigenvalue weighted by Crippen LogP contribution is 2.33. The topological polar surface area (TPSA) is 315 Å². The van der Waals surface area contributed by atoms with E-state index in [2.05, 4.69) is 0 Å². The maximum Gasteiger partial charge on any atom is 0.187 e. The van der Waals surface area contributed by atoms with E-state index in [1.165, 1.54) is 0 Å². The first kappa shape index (κ1) is 42.9. The fourth-order valence-corrected chi connectivity index (χ4v) is 6.49. The second-order valence-electron chi connectivity index (χ2n) is 12.5. The van der Waals surface area contributed by atoms with E-state index < -0.39 is 149 Å². The summed E-state index contributed by atoms with van der Waals surface area (Å²) in [6, 6.07) is 0. The van der Waals surface area contributed by atoms with Crippen molar-refractivity contribution in [3.63, 3.8) is 0 Å². The van der Waals surface area contributed by atoms with Crippen LogP contribution in [0.1, 0.15) is 20.8 Å². The Labute approximate surface area is 293 Å². The molecular weight excluding hydrogens is 696 g/mol. The first-order valence-corrected chi connectivity index (χ1v) is 17.0. The Morgan fingerprint density at radius 1 is 0.373 bits per heavy atom. The van der Waals surface area contributed by atoms with Crippen molar-refractivity contribution in [3.8, 4) is 0 Å². The highest BCUT2D eigenvalue weighted by atomic mass is 16.8. The molecule has 51 heavy (non-hydrogen) atoms. The van der Waals surface area contributed by atoms with Crippen molar-refractivity contribution < 1.29 is 104 Å². The summed E-state index contributed by atoms with van der Waals surface area (Å²) in [6.07, 6.45) is -30.6. The summed E-state index contributed by atoms with van der Waals surface area (Å²) in [6.45, 7) is 2.56. The summed E-state index contributed by atoms with van der Waals surface area (Å²) >= 11 is 0. The van der Waals surface area contributed by atoms with Gasteiger partial charge in [-0.2, -0.15) is 0 Å². The summed E-state index contributed by atoms with van der Waals surface area (Å²) < 4.78 is 56.1. The summed E-state index contributed by atoms with van der Waals surface area (Å²) in [4.78, 5) is 0. The standard InChI is InChI=1S/C30H54O21/c1-4-42-23-11(7-31)47-29(21(40)15(23)34)50-25-13(9-33)46-28(20(39)17(25)36)45-10-14-26(18(37)19(38)27(49-14)44-6-3)51-30-22(41)16(35)24(43-5-2)12(8-32)48-30/h11-41H,4-10H2,1-3H3. The van der Waals surface area contributed by atoms with Crippen LogP contribution in [0.5, 0.6) is 0 Å². The predicted molar refractivity (Wildman–Crippen MR) is 162 cm³/mol. The zero-order chi connectivity index (χ0) is 37.6. The van der Waals surface area contributed by atoms with Gasteiger partial charge in [0.2, 0.25) is 0 Å². The van der Waals surface area contributed by atoms with E-state index in [4.69, 9.17) is 47.4 Å². The monoisotopic (exact) mass is 750 g/mol. The van der Waals surface area contributed by atoms with E-state index in [0.29, 0.717) is 0 Å². The van der Waals surface area contributed by atoms with Crippen LogP contribution in [0, 0.1) is 0 Å². The Morgan fingerprint density at radius 2 is 0.686 bits per heavy atom. The van der Waals surface area contributed by atoms with Crippen molar-refractivity contribution in [2.24, 2.45) is 0 Å². The number of hydrogen-bond donors (Lipinski definition) is 11. The van der Waals surface area contributed by atoms with Gasteiger partial charge in [0.25, 0.3) is 0 Å². The first-order valence-electron chi connectivity index (χ1n) is 17.0. The van der Waals surface area contributed by atoms with Crippen molar-refractivity contribution in [2.45, 2.75) is 144 Å². The molecule has 4 aliphatic rings. The smallest absolute Gasteiger partial charge is 0.187 e. The minimum atomic E-state index is -1.88. The molecule has 20 atom stereocenters. The molecule has 4 fully saturated rings. The molecule has 21 heteroatoms. The molecule has 300 valence electrons. The van der Waals surface area contributed by atoms with Gasteiger partial charge in [-0.3, -0.25) is 0 Å². The van der Waals surface area contributed by atoms with Crippen molar-refractivity contribution in [2.75, 3.05) is 46.2 Å². The first-order chi connectivity index (χ1) is 24.4. The molecule has 0 bridgehead atoms. The fraction of sp³-hybridized carbons (Fsp3) is 1.00. The predicted octanol–water partition coefficient (Wildman–Crippen LogP) is -6.62. The molecule has 4 saturated heterocycles. The maximum atomic E-state index is 11.1. The van der Waals surface area contributed by atoms with Crippen LogP contribution in [-0.2, 0) is 47.4 Å². The van der Waals surface area contributed by atoms with Crippen LogP contribution in [0.3, 0.4) is 0 Å². The van der Waals surface area contributed by atoms with E-state index in [1.54, 1.807) is 20.8 Å². The van der Waals surface area contributed by atoms with Gasteiger partial charge in [-0.1, -0.05) is 0 Å². The molecule has 4 heterocycles. The van der Waals surface area contributed by atoms with Gasteiger partial charge in [0.1, 0.15) is 97.7 Å². The molecule has 0 aromatic heterocycles. The van der Waals surface area contributed by atoms with Gasteiger partial charge >= 0.3 is 0 Å². The van der Waals surface area contributed by atoms with Crippen molar-refractivity contribution in [1.82, 2.24) is 0 Å². The van der Waals surface area contributed by atoms with E-state index in [-0.39, 0.29) is 19.8 Å². The van der Waals surface area contributed by atoms with Crippen LogP contribution in [-0.4, -0.2) is 225 Å². The molecule has 4 aliphatic heterocycles. The van der Waals surface area contributed by atoms with E-state index in [0.717, 1.165) is 0 Å². The van der Waals surface area contributed by atoms with Gasteiger partial charge in [0, 0.05) is 19.8 Å². The summed E-state index contributed by atoms with van der Waals surface area (Å²) in [5, 5.41) is 116. The van der Waals surface area contributed by atoms with Gasteiger partial charge in [0.05, 0.1) is 26.4 Å². The average molecular weight is 751 g/mol. The zero-order valence-electron chi connectivity index (χ0n) is 28.5. The molecule has 0 spiro atoms. The van der Waals surface area contributed by atoms with E-state index in [9.17, 15) is 56.2 Å². The minimum Gasteiger partial charge on any atom is -0.394 e. The van der Waals surface area contributed by atoms with Crippen LogP contribution < -0.4 is 0 Å². The van der Waals surface area contributed by atoms with Gasteiger partial charge in [0.15, 0.2) is 25.2 Å². The third kappa shape index (κ3) is 9.52. The average Bonchev–Trinajstić information content (AvgIpc) is 3.12. The summed E-state index contributed by atoms with van der Waals surface area (Å²) in [5.74, 6) is 0. The lowest BCUT2D eigenvalue weighted by Crippen LogP contribution is -2.66. The Hall–Kier alpha value is -0.840. The molecule has 0 amide bonds. The molecule has 4 rings (SSSR count). The fourth-order valence-electron chi connectivity index (χ4n) is 6.49. The maximum absolute atomic E-state index is 11.1. The van der Waals surface area contributed by atoms with Crippen molar-refractivity contribution in [1.29, 1.82) is 0 Å². The van der Waals surface area contributed by atoms with Crippen LogP contribution in [0.4, 0.5) is 0 Å². The number of rotatable bonds is 16. The van der Waals surface area contributed by atoms with Gasteiger partial charge < -0.3 is 104 Å². The third-order valence-electron chi connectivity index (χ3n) is 9.16. The second-order valence-corrected chi connectivity index (χ2v) is 12.5. The number of aliphatic hydroxyl groups is 11. The third-order valence-corrected chi connectivity index (χ3v) is 9.16. The van der Waals surface area contributed by atoms with Gasteiger partial charge in [-0.05, 0) is 20.8 Å². The normalized spacial score (nSPS) is 48.1. The quantitative estimate of drug-likeness (QED) is 0.0698. The lowest BCUT2D eigenvalue weighted by molar-refractivity contribution is -0.375.